The van der Waals surface area contributed by atoms with E-state index in [2.05, 4.69) is 50.3 Å². The SMILES string of the molecule is CCCNCc1sc(Cc2csc(C)n2)nc1C(C)(C)C. The van der Waals surface area contributed by atoms with Crippen molar-refractivity contribution in [2.24, 2.45) is 0 Å². The van der Waals surface area contributed by atoms with Crippen molar-refractivity contribution in [3.63, 3.8) is 0 Å². The fraction of sp³-hybridized carbons (Fsp3) is 0.625. The van der Waals surface area contributed by atoms with E-state index >= 15 is 0 Å². The summed E-state index contributed by atoms with van der Waals surface area (Å²) in [5.41, 5.74) is 2.47. The molecule has 0 spiro atoms. The van der Waals surface area contributed by atoms with Crippen molar-refractivity contribution in [3.05, 3.63) is 31.7 Å². The van der Waals surface area contributed by atoms with E-state index < -0.39 is 0 Å². The molecule has 0 aliphatic heterocycles. The van der Waals surface area contributed by atoms with Crippen molar-refractivity contribution in [3.8, 4) is 0 Å². The van der Waals surface area contributed by atoms with E-state index in [0.29, 0.717) is 0 Å². The highest BCUT2D eigenvalue weighted by Gasteiger charge is 2.23. The predicted octanol–water partition coefficient (Wildman–Crippen LogP) is 4.30. The summed E-state index contributed by atoms with van der Waals surface area (Å²) in [5.74, 6) is 0. The number of aromatic nitrogens is 2. The fourth-order valence-corrected chi connectivity index (χ4v) is 4.08. The zero-order valence-electron chi connectivity index (χ0n) is 13.6. The lowest BCUT2D eigenvalue weighted by Crippen LogP contribution is -2.19. The molecule has 0 bridgehead atoms. The Morgan fingerprint density at radius 1 is 1.24 bits per heavy atom. The number of hydrogen-bond acceptors (Lipinski definition) is 5. The highest BCUT2D eigenvalue weighted by Crippen LogP contribution is 2.30. The molecule has 0 saturated carbocycles. The Morgan fingerprint density at radius 2 is 2.00 bits per heavy atom. The summed E-state index contributed by atoms with van der Waals surface area (Å²) in [6.07, 6.45) is 2.01. The molecule has 5 heteroatoms. The molecule has 2 aromatic heterocycles. The number of hydrogen-bond donors (Lipinski definition) is 1. The van der Waals surface area contributed by atoms with E-state index in [9.17, 15) is 0 Å². The van der Waals surface area contributed by atoms with E-state index in [1.165, 1.54) is 15.6 Å². The first kappa shape index (κ1) is 16.6. The quantitative estimate of drug-likeness (QED) is 0.806. The summed E-state index contributed by atoms with van der Waals surface area (Å²) < 4.78 is 0. The van der Waals surface area contributed by atoms with Crippen molar-refractivity contribution < 1.29 is 0 Å². The van der Waals surface area contributed by atoms with Crippen LogP contribution in [0.15, 0.2) is 5.38 Å². The van der Waals surface area contributed by atoms with Gasteiger partial charge in [-0.05, 0) is 19.9 Å². The lowest BCUT2D eigenvalue weighted by atomic mass is 9.91. The third-order valence-corrected chi connectivity index (χ3v) is 5.04. The topological polar surface area (TPSA) is 37.8 Å². The molecule has 0 aliphatic carbocycles. The first-order valence-corrected chi connectivity index (χ1v) is 9.20. The monoisotopic (exact) mass is 323 g/mol. The highest BCUT2D eigenvalue weighted by molar-refractivity contribution is 7.11. The van der Waals surface area contributed by atoms with E-state index in [1.54, 1.807) is 11.3 Å². The molecule has 1 N–H and O–H groups in total. The molecule has 0 radical (unpaired) electrons. The predicted molar refractivity (Wildman–Crippen MR) is 92.5 cm³/mol. The van der Waals surface area contributed by atoms with Crippen molar-refractivity contribution >= 4 is 22.7 Å². The van der Waals surface area contributed by atoms with Crippen LogP contribution in [0.25, 0.3) is 0 Å². The van der Waals surface area contributed by atoms with Gasteiger partial charge in [0.2, 0.25) is 0 Å². The van der Waals surface area contributed by atoms with Gasteiger partial charge in [0.1, 0.15) is 0 Å². The van der Waals surface area contributed by atoms with Gasteiger partial charge in [-0.25, -0.2) is 9.97 Å². The van der Waals surface area contributed by atoms with E-state index in [4.69, 9.17) is 4.98 Å². The molecule has 0 atom stereocenters. The molecule has 21 heavy (non-hydrogen) atoms. The number of nitrogens with one attached hydrogen (secondary N) is 1. The molecular weight excluding hydrogens is 298 g/mol. The van der Waals surface area contributed by atoms with Gasteiger partial charge in [0, 0.05) is 28.6 Å². The average Bonchev–Trinajstić information content (AvgIpc) is 2.96. The second kappa shape index (κ2) is 6.99. The summed E-state index contributed by atoms with van der Waals surface area (Å²) in [6.45, 7) is 12.9. The molecule has 2 aromatic rings. The summed E-state index contributed by atoms with van der Waals surface area (Å²) >= 11 is 3.54. The van der Waals surface area contributed by atoms with Crippen LogP contribution < -0.4 is 5.32 Å². The van der Waals surface area contributed by atoms with Gasteiger partial charge in [-0.15, -0.1) is 22.7 Å². The zero-order chi connectivity index (χ0) is 15.5. The highest BCUT2D eigenvalue weighted by atomic mass is 32.1. The third kappa shape index (κ3) is 4.59. The van der Waals surface area contributed by atoms with Gasteiger partial charge in [0.15, 0.2) is 0 Å². The molecule has 2 heterocycles. The molecule has 2 rings (SSSR count). The average molecular weight is 324 g/mol. The van der Waals surface area contributed by atoms with Crippen LogP contribution in [0.5, 0.6) is 0 Å². The van der Waals surface area contributed by atoms with Crippen molar-refractivity contribution in [2.75, 3.05) is 6.54 Å². The van der Waals surface area contributed by atoms with Crippen LogP contribution in [0.1, 0.15) is 60.4 Å². The molecule has 0 aliphatic rings. The van der Waals surface area contributed by atoms with Crippen molar-refractivity contribution in [1.29, 1.82) is 0 Å². The molecular formula is C16H25N3S2. The number of rotatable bonds is 6. The van der Waals surface area contributed by atoms with Gasteiger partial charge in [-0.2, -0.15) is 0 Å². The third-order valence-electron chi connectivity index (χ3n) is 3.16. The smallest absolute Gasteiger partial charge is 0.0991 e. The van der Waals surface area contributed by atoms with Crippen molar-refractivity contribution in [1.82, 2.24) is 15.3 Å². The summed E-state index contributed by atoms with van der Waals surface area (Å²) in [6, 6.07) is 0. The second-order valence-electron chi connectivity index (χ2n) is 6.34. The summed E-state index contributed by atoms with van der Waals surface area (Å²) in [4.78, 5) is 10.8. The van der Waals surface area contributed by atoms with Gasteiger partial charge in [0.05, 0.1) is 21.4 Å². The van der Waals surface area contributed by atoms with E-state index in [0.717, 1.165) is 36.6 Å². The molecule has 3 nitrogen and oxygen atoms in total. The normalized spacial score (nSPS) is 12.0. The number of thiazole rings is 2. The minimum absolute atomic E-state index is 0.0932. The number of aryl methyl sites for hydroxylation is 1. The van der Waals surface area contributed by atoms with Gasteiger partial charge in [-0.3, -0.25) is 0 Å². The minimum Gasteiger partial charge on any atom is -0.312 e. The fourth-order valence-electron chi connectivity index (χ4n) is 2.20. The Labute approximate surface area is 135 Å². The molecule has 0 amide bonds. The van der Waals surface area contributed by atoms with Crippen LogP contribution in [0, 0.1) is 6.92 Å². The van der Waals surface area contributed by atoms with E-state index in [-0.39, 0.29) is 5.41 Å². The first-order valence-electron chi connectivity index (χ1n) is 7.51. The van der Waals surface area contributed by atoms with Gasteiger partial charge in [0.25, 0.3) is 0 Å². The van der Waals surface area contributed by atoms with Crippen LogP contribution in [0.3, 0.4) is 0 Å². The summed E-state index contributed by atoms with van der Waals surface area (Å²) in [7, 11) is 0. The molecule has 0 aromatic carbocycles. The number of nitrogens with zero attached hydrogens (tertiary/aromatic N) is 2. The minimum atomic E-state index is 0.0932. The molecule has 0 fully saturated rings. The van der Waals surface area contributed by atoms with E-state index in [1.807, 2.05) is 11.3 Å². The van der Waals surface area contributed by atoms with Gasteiger partial charge in [-0.1, -0.05) is 27.7 Å². The molecule has 0 unspecified atom stereocenters. The lowest BCUT2D eigenvalue weighted by molar-refractivity contribution is 0.557. The van der Waals surface area contributed by atoms with Gasteiger partial charge >= 0.3 is 0 Å². The lowest BCUT2D eigenvalue weighted by Gasteiger charge is -2.17. The summed E-state index contributed by atoms with van der Waals surface area (Å²) in [5, 5.41) is 7.95. The molecule has 116 valence electrons. The second-order valence-corrected chi connectivity index (χ2v) is 8.57. The first-order chi connectivity index (χ1) is 9.90. The van der Waals surface area contributed by atoms with Gasteiger partial charge < -0.3 is 5.32 Å². The maximum atomic E-state index is 4.91. The standard InChI is InChI=1S/C16H25N3S2/c1-6-7-17-9-13-15(16(3,4)5)19-14(21-13)8-12-10-20-11(2)18-12/h10,17H,6-9H2,1-5H3. The van der Waals surface area contributed by atoms with Crippen LogP contribution in [0.2, 0.25) is 0 Å². The Bertz CT molecular complexity index is 579. The molecule has 0 saturated heterocycles. The largest absolute Gasteiger partial charge is 0.312 e. The van der Waals surface area contributed by atoms with Crippen LogP contribution in [0.4, 0.5) is 0 Å². The Hall–Kier alpha value is -0.780. The Morgan fingerprint density at radius 3 is 2.57 bits per heavy atom. The van der Waals surface area contributed by atoms with Crippen LogP contribution >= 0.6 is 22.7 Å². The maximum Gasteiger partial charge on any atom is 0.0991 e. The van der Waals surface area contributed by atoms with Crippen LogP contribution in [-0.2, 0) is 18.4 Å². The van der Waals surface area contributed by atoms with Crippen molar-refractivity contribution in [2.45, 2.75) is 59.4 Å². The van der Waals surface area contributed by atoms with Crippen LogP contribution in [-0.4, -0.2) is 16.5 Å². The zero-order valence-corrected chi connectivity index (χ0v) is 15.2. The Kier molecular flexibility index (Phi) is 5.52. The Balaban J connectivity index is 2.18. The maximum absolute atomic E-state index is 4.91.